The Morgan fingerprint density at radius 1 is 1.14 bits per heavy atom. The number of Topliss-reactive ketones (excluding diaryl/α,β-unsaturated/α-hetero) is 1. The summed E-state index contributed by atoms with van der Waals surface area (Å²) < 4.78 is 18.3. The van der Waals surface area contributed by atoms with E-state index < -0.39 is 5.63 Å². The molecule has 0 fully saturated rings. The number of ether oxygens (including phenoxy) is 2. The first kappa shape index (κ1) is 19.9. The van der Waals surface area contributed by atoms with Crippen molar-refractivity contribution in [2.75, 3.05) is 20.3 Å². The number of fused-ring (bicyclic) bond motifs is 1. The van der Waals surface area contributed by atoms with Crippen LogP contribution in [0.25, 0.3) is 11.0 Å². The second-order valence-corrected chi connectivity index (χ2v) is 6.95. The Balaban J connectivity index is 1.82. The Kier molecular flexibility index (Phi) is 5.70. The van der Waals surface area contributed by atoms with E-state index in [0.29, 0.717) is 35.6 Å². The van der Waals surface area contributed by atoms with Crippen LogP contribution in [0.2, 0.25) is 0 Å². The summed E-state index contributed by atoms with van der Waals surface area (Å²) in [6.07, 6.45) is 0. The normalized spacial score (nSPS) is 11.2. The van der Waals surface area contributed by atoms with E-state index in [4.69, 9.17) is 13.9 Å². The lowest BCUT2D eigenvalue weighted by Crippen LogP contribution is -2.14. The molecule has 3 rings (SSSR count). The minimum atomic E-state index is -0.398. The van der Waals surface area contributed by atoms with Gasteiger partial charge in [0.25, 0.3) is 0 Å². The molecule has 3 aromatic rings. The van der Waals surface area contributed by atoms with E-state index in [9.17, 15) is 9.59 Å². The number of methoxy groups -OCH3 is 1. The van der Waals surface area contributed by atoms with E-state index in [1.807, 2.05) is 39.8 Å². The third kappa shape index (κ3) is 3.73. The van der Waals surface area contributed by atoms with Crippen LogP contribution in [0.15, 0.2) is 33.5 Å². The number of aromatic nitrogens is 1. The molecule has 0 aliphatic heterocycles. The van der Waals surface area contributed by atoms with Crippen LogP contribution < -0.4 is 10.4 Å². The van der Waals surface area contributed by atoms with Gasteiger partial charge in [0.05, 0.1) is 6.61 Å². The van der Waals surface area contributed by atoms with Gasteiger partial charge in [-0.15, -0.1) is 0 Å². The highest BCUT2D eigenvalue weighted by Gasteiger charge is 2.17. The van der Waals surface area contributed by atoms with Gasteiger partial charge >= 0.3 is 5.63 Å². The fourth-order valence-electron chi connectivity index (χ4n) is 3.49. The fraction of sp³-hybridized carbons (Fsp3) is 0.364. The summed E-state index contributed by atoms with van der Waals surface area (Å²) in [5, 5.41) is 0.859. The average molecular weight is 383 g/mol. The van der Waals surface area contributed by atoms with Crippen molar-refractivity contribution < 1.29 is 18.7 Å². The zero-order valence-corrected chi connectivity index (χ0v) is 16.9. The number of nitrogens with zero attached hydrogens (tertiary/aromatic N) is 1. The molecular weight excluding hydrogens is 358 g/mol. The average Bonchev–Trinajstić information content (AvgIpc) is 2.93. The fourth-order valence-corrected chi connectivity index (χ4v) is 3.49. The molecule has 6 heteroatoms. The largest absolute Gasteiger partial charge is 0.485 e. The zero-order valence-electron chi connectivity index (χ0n) is 16.9. The maximum absolute atomic E-state index is 12.7. The monoisotopic (exact) mass is 383 g/mol. The highest BCUT2D eigenvalue weighted by molar-refractivity contribution is 5.98. The van der Waals surface area contributed by atoms with Gasteiger partial charge in [-0.2, -0.15) is 0 Å². The number of benzene rings is 1. The maximum atomic E-state index is 12.7. The number of carbonyl (C=O) groups excluding carboxylic acids is 1. The van der Waals surface area contributed by atoms with Crippen LogP contribution in [0.3, 0.4) is 0 Å². The first-order valence-electron chi connectivity index (χ1n) is 9.19. The van der Waals surface area contributed by atoms with Gasteiger partial charge in [0.1, 0.15) is 11.3 Å². The molecule has 0 N–H and O–H groups in total. The van der Waals surface area contributed by atoms with Crippen LogP contribution in [-0.2, 0) is 11.3 Å². The van der Waals surface area contributed by atoms with E-state index in [1.165, 1.54) is 6.07 Å². The Bertz CT molecular complexity index is 1090. The summed E-state index contributed by atoms with van der Waals surface area (Å²) in [5.74, 6) is 0.435. The summed E-state index contributed by atoms with van der Waals surface area (Å²) in [5.41, 5.74) is 4.21. The van der Waals surface area contributed by atoms with Crippen molar-refractivity contribution in [1.29, 1.82) is 0 Å². The molecule has 0 aliphatic carbocycles. The zero-order chi connectivity index (χ0) is 20.4. The Morgan fingerprint density at radius 2 is 1.89 bits per heavy atom. The summed E-state index contributed by atoms with van der Waals surface area (Å²) >= 11 is 0. The summed E-state index contributed by atoms with van der Waals surface area (Å²) in [4.78, 5) is 24.4. The molecule has 0 atom stereocenters. The van der Waals surface area contributed by atoms with Crippen LogP contribution in [0.1, 0.15) is 32.9 Å². The second kappa shape index (κ2) is 8.02. The predicted octanol–water partition coefficient (Wildman–Crippen LogP) is 3.74. The van der Waals surface area contributed by atoms with Crippen molar-refractivity contribution in [2.45, 2.75) is 34.2 Å². The second-order valence-electron chi connectivity index (χ2n) is 6.95. The van der Waals surface area contributed by atoms with Gasteiger partial charge in [0.2, 0.25) is 5.78 Å². The van der Waals surface area contributed by atoms with E-state index in [0.717, 1.165) is 22.3 Å². The van der Waals surface area contributed by atoms with E-state index in [-0.39, 0.29) is 12.4 Å². The highest BCUT2D eigenvalue weighted by atomic mass is 16.5. The van der Waals surface area contributed by atoms with Gasteiger partial charge in [-0.1, -0.05) is 0 Å². The Labute approximate surface area is 163 Å². The molecule has 0 radical (unpaired) electrons. The third-order valence-electron chi connectivity index (χ3n) is 5.07. The number of carbonyl (C=O) groups is 1. The predicted molar refractivity (Wildman–Crippen MR) is 108 cm³/mol. The van der Waals surface area contributed by atoms with Gasteiger partial charge in [-0.3, -0.25) is 4.79 Å². The van der Waals surface area contributed by atoms with Crippen molar-refractivity contribution in [1.82, 2.24) is 4.57 Å². The number of rotatable bonds is 7. The Hall–Kier alpha value is -2.86. The number of aryl methyl sites for hydroxylation is 3. The molecule has 0 bridgehead atoms. The number of hydrogen-bond donors (Lipinski definition) is 0. The van der Waals surface area contributed by atoms with Crippen molar-refractivity contribution >= 4 is 16.8 Å². The van der Waals surface area contributed by atoms with E-state index in [2.05, 4.69) is 4.57 Å². The van der Waals surface area contributed by atoms with Crippen molar-refractivity contribution in [3.05, 3.63) is 62.8 Å². The van der Waals surface area contributed by atoms with Crippen LogP contribution in [0, 0.1) is 27.7 Å². The minimum absolute atomic E-state index is 0.0863. The summed E-state index contributed by atoms with van der Waals surface area (Å²) in [6.45, 7) is 8.78. The van der Waals surface area contributed by atoms with Gasteiger partial charge in [0.15, 0.2) is 6.61 Å². The first-order valence-corrected chi connectivity index (χ1v) is 9.19. The van der Waals surface area contributed by atoms with Crippen LogP contribution in [0.5, 0.6) is 5.75 Å². The molecule has 6 nitrogen and oxygen atoms in total. The summed E-state index contributed by atoms with van der Waals surface area (Å²) in [7, 11) is 1.66. The highest BCUT2D eigenvalue weighted by Crippen LogP contribution is 2.28. The lowest BCUT2D eigenvalue weighted by atomic mass is 10.1. The first-order chi connectivity index (χ1) is 13.3. The number of hydrogen-bond acceptors (Lipinski definition) is 5. The molecule has 0 saturated carbocycles. The molecular formula is C22H25NO5. The molecule has 0 amide bonds. The standard InChI is InChI=1S/C22H25NO5/c1-13-10-21(25)28-22-15(3)20(7-6-17(13)22)27-12-19(24)18-11-14(2)23(16(18)4)8-9-26-5/h6-7,10-11H,8-9,12H2,1-5H3. The van der Waals surface area contributed by atoms with Gasteiger partial charge in [-0.25, -0.2) is 4.79 Å². The Morgan fingerprint density at radius 3 is 2.61 bits per heavy atom. The number of ketones is 1. The molecule has 148 valence electrons. The quantitative estimate of drug-likeness (QED) is 0.459. The van der Waals surface area contributed by atoms with Crippen molar-refractivity contribution in [3.63, 3.8) is 0 Å². The van der Waals surface area contributed by atoms with E-state index >= 15 is 0 Å². The van der Waals surface area contributed by atoms with E-state index in [1.54, 1.807) is 13.2 Å². The molecule has 2 aromatic heterocycles. The van der Waals surface area contributed by atoms with Gasteiger partial charge < -0.3 is 18.5 Å². The maximum Gasteiger partial charge on any atom is 0.336 e. The molecule has 2 heterocycles. The molecule has 1 aromatic carbocycles. The molecule has 28 heavy (non-hydrogen) atoms. The topological polar surface area (TPSA) is 70.7 Å². The van der Waals surface area contributed by atoms with Gasteiger partial charge in [0, 0.05) is 47.6 Å². The van der Waals surface area contributed by atoms with Crippen molar-refractivity contribution in [3.8, 4) is 5.75 Å². The molecule has 0 saturated heterocycles. The lowest BCUT2D eigenvalue weighted by Gasteiger charge is -2.11. The van der Waals surface area contributed by atoms with Gasteiger partial charge in [-0.05, 0) is 51.5 Å². The third-order valence-corrected chi connectivity index (χ3v) is 5.07. The molecule has 0 aliphatic rings. The minimum Gasteiger partial charge on any atom is -0.485 e. The lowest BCUT2D eigenvalue weighted by molar-refractivity contribution is 0.0920. The SMILES string of the molecule is COCCn1c(C)cc(C(=O)COc2ccc3c(C)cc(=O)oc3c2C)c1C. The van der Waals surface area contributed by atoms with Crippen LogP contribution >= 0.6 is 0 Å². The van der Waals surface area contributed by atoms with Crippen molar-refractivity contribution in [2.24, 2.45) is 0 Å². The molecule has 0 spiro atoms. The summed E-state index contributed by atoms with van der Waals surface area (Å²) in [6, 6.07) is 6.99. The molecule has 0 unspecified atom stereocenters. The smallest absolute Gasteiger partial charge is 0.336 e. The van der Waals surface area contributed by atoms with Crippen LogP contribution in [-0.4, -0.2) is 30.7 Å². The van der Waals surface area contributed by atoms with Crippen LogP contribution in [0.4, 0.5) is 0 Å².